The van der Waals surface area contributed by atoms with E-state index in [9.17, 15) is 0 Å². The summed E-state index contributed by atoms with van der Waals surface area (Å²) >= 11 is 0. The maximum Gasteiger partial charge on any atom is 0.00952 e. The normalized spacial score (nSPS) is 16.5. The second-order valence-corrected chi connectivity index (χ2v) is 7.51. The molecule has 0 atom stereocenters. The molecule has 132 valence electrons. The summed E-state index contributed by atoms with van der Waals surface area (Å²) in [7, 11) is 0. The molecule has 0 N–H and O–H groups in total. The van der Waals surface area contributed by atoms with Gasteiger partial charge < -0.3 is 4.90 Å². The highest BCUT2D eigenvalue weighted by atomic mass is 15.1. The molecule has 1 heteroatoms. The van der Waals surface area contributed by atoms with Crippen LogP contribution in [-0.2, 0) is 0 Å². The van der Waals surface area contributed by atoms with Crippen LogP contribution in [-0.4, -0.2) is 24.0 Å². The Morgan fingerprint density at radius 1 is 0.591 bits per heavy atom. The van der Waals surface area contributed by atoms with Crippen molar-refractivity contribution < 1.29 is 0 Å². The zero-order valence-corrected chi connectivity index (χ0v) is 15.8. The van der Waals surface area contributed by atoms with Gasteiger partial charge in [-0.25, -0.2) is 0 Å². The van der Waals surface area contributed by atoms with E-state index >= 15 is 0 Å². The summed E-state index contributed by atoms with van der Waals surface area (Å²) in [4.78, 5) is 2.88. The maximum atomic E-state index is 2.88. The van der Waals surface area contributed by atoms with Gasteiger partial charge in [0.15, 0.2) is 0 Å². The Labute approximate surface area is 141 Å². The molecule has 0 heterocycles. The molecule has 0 aliphatic heterocycles. The molecule has 0 saturated heterocycles. The standard InChI is InChI=1S/C21H43N/c1-3-5-7-9-11-16-20-22(19-15-10-8-6-4-2)21-17-13-12-14-18-21/h21H,3-20H2,1-2H3. The first-order valence-electron chi connectivity index (χ1n) is 10.6. The van der Waals surface area contributed by atoms with E-state index in [1.165, 1.54) is 116 Å². The lowest BCUT2D eigenvalue weighted by molar-refractivity contribution is 0.150. The number of hydrogen-bond acceptors (Lipinski definition) is 1. The van der Waals surface area contributed by atoms with Gasteiger partial charge in [-0.1, -0.05) is 90.9 Å². The van der Waals surface area contributed by atoms with Gasteiger partial charge in [0.2, 0.25) is 0 Å². The van der Waals surface area contributed by atoms with Crippen molar-refractivity contribution in [2.45, 2.75) is 123 Å². The molecule has 0 aromatic carbocycles. The lowest BCUT2D eigenvalue weighted by atomic mass is 9.93. The van der Waals surface area contributed by atoms with Crippen molar-refractivity contribution in [1.82, 2.24) is 4.90 Å². The lowest BCUT2D eigenvalue weighted by Crippen LogP contribution is -2.38. The zero-order chi connectivity index (χ0) is 15.9. The number of hydrogen-bond donors (Lipinski definition) is 0. The third kappa shape index (κ3) is 9.87. The van der Waals surface area contributed by atoms with E-state index in [-0.39, 0.29) is 0 Å². The van der Waals surface area contributed by atoms with Crippen molar-refractivity contribution in [3.63, 3.8) is 0 Å². The van der Waals surface area contributed by atoms with Gasteiger partial charge in [0.25, 0.3) is 0 Å². The molecule has 22 heavy (non-hydrogen) atoms. The van der Waals surface area contributed by atoms with Gasteiger partial charge in [0.05, 0.1) is 0 Å². The Hall–Kier alpha value is -0.0400. The van der Waals surface area contributed by atoms with E-state index in [1.54, 1.807) is 0 Å². The SMILES string of the molecule is CCCCCCCCN(CCCCCCC)C1CCCCC1. The molecule has 0 unspecified atom stereocenters. The molecule has 1 aliphatic carbocycles. The molecule has 0 aromatic rings. The summed E-state index contributed by atoms with van der Waals surface area (Å²) in [6, 6.07) is 0.926. The first-order valence-corrected chi connectivity index (χ1v) is 10.6. The predicted molar refractivity (Wildman–Crippen MR) is 101 cm³/mol. The predicted octanol–water partition coefficient (Wildman–Crippen LogP) is 6.95. The van der Waals surface area contributed by atoms with Gasteiger partial charge in [-0.2, -0.15) is 0 Å². The number of unbranched alkanes of at least 4 members (excludes halogenated alkanes) is 9. The van der Waals surface area contributed by atoms with Crippen LogP contribution in [0.1, 0.15) is 117 Å². The quantitative estimate of drug-likeness (QED) is 0.314. The van der Waals surface area contributed by atoms with Gasteiger partial charge in [0, 0.05) is 6.04 Å². The van der Waals surface area contributed by atoms with Crippen LogP contribution in [0.15, 0.2) is 0 Å². The average molecular weight is 310 g/mol. The monoisotopic (exact) mass is 309 g/mol. The van der Waals surface area contributed by atoms with Crippen molar-refractivity contribution in [2.75, 3.05) is 13.1 Å². The van der Waals surface area contributed by atoms with Crippen LogP contribution in [0.2, 0.25) is 0 Å². The Morgan fingerprint density at radius 2 is 1.05 bits per heavy atom. The molecule has 1 aliphatic rings. The smallest absolute Gasteiger partial charge is 0.00952 e. The fraction of sp³-hybridized carbons (Fsp3) is 1.00. The van der Waals surface area contributed by atoms with Crippen molar-refractivity contribution in [3.8, 4) is 0 Å². The molecule has 0 radical (unpaired) electrons. The minimum atomic E-state index is 0.926. The van der Waals surface area contributed by atoms with Gasteiger partial charge in [-0.05, 0) is 38.8 Å². The highest BCUT2D eigenvalue weighted by molar-refractivity contribution is 4.76. The Bertz CT molecular complexity index is 220. The fourth-order valence-corrected chi connectivity index (χ4v) is 3.94. The van der Waals surface area contributed by atoms with E-state index in [4.69, 9.17) is 0 Å². The summed E-state index contributed by atoms with van der Waals surface area (Å²) in [5.74, 6) is 0. The molecule has 0 amide bonds. The van der Waals surface area contributed by atoms with Crippen LogP contribution in [0.5, 0.6) is 0 Å². The van der Waals surface area contributed by atoms with Crippen molar-refractivity contribution >= 4 is 0 Å². The van der Waals surface area contributed by atoms with Crippen LogP contribution in [0.25, 0.3) is 0 Å². The van der Waals surface area contributed by atoms with E-state index in [1.807, 2.05) is 0 Å². The average Bonchev–Trinajstić information content (AvgIpc) is 2.56. The Balaban J connectivity index is 2.18. The molecule has 1 fully saturated rings. The van der Waals surface area contributed by atoms with Crippen molar-refractivity contribution in [2.24, 2.45) is 0 Å². The first-order chi connectivity index (χ1) is 10.9. The van der Waals surface area contributed by atoms with E-state index in [0.717, 1.165) is 6.04 Å². The van der Waals surface area contributed by atoms with Crippen molar-refractivity contribution in [3.05, 3.63) is 0 Å². The summed E-state index contributed by atoms with van der Waals surface area (Å²) in [5, 5.41) is 0. The van der Waals surface area contributed by atoms with E-state index in [2.05, 4.69) is 18.7 Å². The molecule has 0 bridgehead atoms. The van der Waals surface area contributed by atoms with Crippen LogP contribution >= 0.6 is 0 Å². The third-order valence-electron chi connectivity index (χ3n) is 5.44. The minimum absolute atomic E-state index is 0.926. The van der Waals surface area contributed by atoms with Crippen molar-refractivity contribution in [1.29, 1.82) is 0 Å². The van der Waals surface area contributed by atoms with Crippen LogP contribution in [0.3, 0.4) is 0 Å². The van der Waals surface area contributed by atoms with Crippen LogP contribution < -0.4 is 0 Å². The number of nitrogens with zero attached hydrogens (tertiary/aromatic N) is 1. The molecular formula is C21H43N. The number of rotatable bonds is 14. The summed E-state index contributed by atoms with van der Waals surface area (Å²) < 4.78 is 0. The Kier molecular flexibility index (Phi) is 13.2. The van der Waals surface area contributed by atoms with Crippen LogP contribution in [0, 0.1) is 0 Å². The largest absolute Gasteiger partial charge is 0.300 e. The summed E-state index contributed by atoms with van der Waals surface area (Å²) in [6.45, 7) is 7.38. The molecule has 1 nitrogen and oxygen atoms in total. The van der Waals surface area contributed by atoms with Gasteiger partial charge in [-0.3, -0.25) is 0 Å². The molecule has 0 spiro atoms. The highest BCUT2D eigenvalue weighted by Gasteiger charge is 2.20. The topological polar surface area (TPSA) is 3.24 Å². The first kappa shape index (κ1) is 20.0. The fourth-order valence-electron chi connectivity index (χ4n) is 3.94. The summed E-state index contributed by atoms with van der Waals surface area (Å²) in [6.07, 6.45) is 23.1. The van der Waals surface area contributed by atoms with Gasteiger partial charge in [-0.15, -0.1) is 0 Å². The van der Waals surface area contributed by atoms with E-state index in [0.29, 0.717) is 0 Å². The second kappa shape index (κ2) is 14.5. The molecular weight excluding hydrogens is 266 g/mol. The maximum absolute atomic E-state index is 2.88. The Morgan fingerprint density at radius 3 is 1.55 bits per heavy atom. The molecule has 1 rings (SSSR count). The third-order valence-corrected chi connectivity index (χ3v) is 5.44. The summed E-state index contributed by atoms with van der Waals surface area (Å²) in [5.41, 5.74) is 0. The highest BCUT2D eigenvalue weighted by Crippen LogP contribution is 2.23. The minimum Gasteiger partial charge on any atom is -0.300 e. The van der Waals surface area contributed by atoms with E-state index < -0.39 is 0 Å². The molecule has 1 saturated carbocycles. The van der Waals surface area contributed by atoms with Crippen LogP contribution in [0.4, 0.5) is 0 Å². The lowest BCUT2D eigenvalue weighted by Gasteiger charge is -2.34. The molecule has 0 aromatic heterocycles. The zero-order valence-electron chi connectivity index (χ0n) is 15.8. The second-order valence-electron chi connectivity index (χ2n) is 7.51. The van der Waals surface area contributed by atoms with Gasteiger partial charge in [0.1, 0.15) is 0 Å². The van der Waals surface area contributed by atoms with Gasteiger partial charge >= 0.3 is 0 Å².